The predicted molar refractivity (Wildman–Crippen MR) is 47.0 cm³/mol. The molecule has 1 saturated carbocycles. The van der Waals surface area contributed by atoms with Gasteiger partial charge in [-0.05, 0) is 12.3 Å². The van der Waals surface area contributed by atoms with Gasteiger partial charge in [0.15, 0.2) is 0 Å². The number of thiol groups is 1. The molecule has 1 unspecified atom stereocenters. The van der Waals surface area contributed by atoms with Gasteiger partial charge in [-0.3, -0.25) is 4.79 Å². The highest BCUT2D eigenvalue weighted by Gasteiger charge is 2.21. The highest BCUT2D eigenvalue weighted by Crippen LogP contribution is 2.29. The molecule has 0 radical (unpaired) electrons. The minimum Gasteiger partial charge on any atom is -0.480 e. The number of carboxylic acids is 1. The van der Waals surface area contributed by atoms with Crippen LogP contribution in [0.15, 0.2) is 0 Å². The second kappa shape index (κ2) is 4.00. The Morgan fingerprint density at radius 2 is 2.09 bits per heavy atom. The molecular weight excluding hydrogens is 160 g/mol. The number of rotatable bonds is 3. The van der Waals surface area contributed by atoms with Crippen molar-refractivity contribution in [2.45, 2.75) is 37.4 Å². The molecule has 0 bridgehead atoms. The average Bonchev–Trinajstić information content (AvgIpc) is 2.39. The summed E-state index contributed by atoms with van der Waals surface area (Å²) in [6.07, 6.45) is 5.68. The van der Waals surface area contributed by atoms with E-state index in [9.17, 15) is 4.79 Å². The van der Waals surface area contributed by atoms with Gasteiger partial charge < -0.3 is 5.11 Å². The maximum absolute atomic E-state index is 10.4. The van der Waals surface area contributed by atoms with Crippen LogP contribution in [0.2, 0.25) is 0 Å². The van der Waals surface area contributed by atoms with Crippen LogP contribution in [0.3, 0.4) is 0 Å². The van der Waals surface area contributed by atoms with Crippen molar-refractivity contribution in [1.82, 2.24) is 0 Å². The van der Waals surface area contributed by atoms with Crippen LogP contribution in [-0.2, 0) is 4.79 Å². The average molecular weight is 174 g/mol. The summed E-state index contributed by atoms with van der Waals surface area (Å²) in [5.74, 6) is -0.158. The van der Waals surface area contributed by atoms with Crippen LogP contribution >= 0.6 is 12.6 Å². The summed E-state index contributed by atoms with van der Waals surface area (Å²) >= 11 is 4.00. The molecule has 0 aromatic carbocycles. The molecule has 1 aliphatic carbocycles. The Morgan fingerprint density at radius 1 is 1.55 bits per heavy atom. The normalized spacial score (nSPS) is 21.9. The van der Waals surface area contributed by atoms with Crippen molar-refractivity contribution in [2.75, 3.05) is 0 Å². The van der Waals surface area contributed by atoms with Gasteiger partial charge in [0.1, 0.15) is 0 Å². The first-order valence-corrected chi connectivity index (χ1v) is 4.62. The minimum absolute atomic E-state index is 0.446. The Bertz CT molecular complexity index is 141. The lowest BCUT2D eigenvalue weighted by Crippen LogP contribution is -2.16. The molecule has 0 aliphatic heterocycles. The van der Waals surface area contributed by atoms with E-state index in [2.05, 4.69) is 12.6 Å². The van der Waals surface area contributed by atoms with Crippen molar-refractivity contribution in [2.24, 2.45) is 5.92 Å². The fourth-order valence-electron chi connectivity index (χ4n) is 1.66. The molecule has 11 heavy (non-hydrogen) atoms. The van der Waals surface area contributed by atoms with Gasteiger partial charge in [-0.1, -0.05) is 25.7 Å². The van der Waals surface area contributed by atoms with Crippen molar-refractivity contribution >= 4 is 18.6 Å². The maximum atomic E-state index is 10.4. The fourth-order valence-corrected chi connectivity index (χ4v) is 1.96. The molecule has 0 heterocycles. The van der Waals surface area contributed by atoms with Gasteiger partial charge in [-0.25, -0.2) is 0 Å². The second-order valence-corrected chi connectivity index (χ2v) is 3.86. The Labute approximate surface area is 72.4 Å². The summed E-state index contributed by atoms with van der Waals surface area (Å²) < 4.78 is 0. The molecule has 0 amide bonds. The SMILES string of the molecule is O=C(O)C(S)CC1CCCC1. The van der Waals surface area contributed by atoms with E-state index in [0.29, 0.717) is 5.92 Å². The Morgan fingerprint density at radius 3 is 2.55 bits per heavy atom. The molecule has 0 saturated heterocycles. The van der Waals surface area contributed by atoms with Crippen LogP contribution in [0.4, 0.5) is 0 Å². The molecular formula is C8H14O2S. The number of hydrogen-bond acceptors (Lipinski definition) is 2. The van der Waals surface area contributed by atoms with E-state index in [-0.39, 0.29) is 0 Å². The molecule has 0 spiro atoms. The van der Waals surface area contributed by atoms with Crippen molar-refractivity contribution in [3.63, 3.8) is 0 Å². The summed E-state index contributed by atoms with van der Waals surface area (Å²) in [5, 5.41) is 8.12. The zero-order valence-corrected chi connectivity index (χ0v) is 7.39. The molecule has 0 aromatic rings. The quantitative estimate of drug-likeness (QED) is 0.642. The van der Waals surface area contributed by atoms with Crippen LogP contribution in [0.1, 0.15) is 32.1 Å². The Kier molecular flexibility index (Phi) is 3.24. The third-order valence-electron chi connectivity index (χ3n) is 2.32. The summed E-state index contributed by atoms with van der Waals surface area (Å²) in [5.41, 5.74) is 0. The molecule has 1 atom stereocenters. The van der Waals surface area contributed by atoms with E-state index in [0.717, 1.165) is 6.42 Å². The molecule has 0 aromatic heterocycles. The lowest BCUT2D eigenvalue weighted by atomic mass is 10.0. The lowest BCUT2D eigenvalue weighted by Gasteiger charge is -2.10. The smallest absolute Gasteiger partial charge is 0.316 e. The topological polar surface area (TPSA) is 37.3 Å². The number of hydrogen-bond donors (Lipinski definition) is 2. The molecule has 1 aliphatic rings. The van der Waals surface area contributed by atoms with Gasteiger partial charge >= 0.3 is 5.97 Å². The van der Waals surface area contributed by atoms with Gasteiger partial charge in [0, 0.05) is 0 Å². The van der Waals surface area contributed by atoms with Crippen LogP contribution in [-0.4, -0.2) is 16.3 Å². The van der Waals surface area contributed by atoms with Crippen LogP contribution < -0.4 is 0 Å². The number of aliphatic carboxylic acids is 1. The molecule has 1 N–H and O–H groups in total. The highest BCUT2D eigenvalue weighted by molar-refractivity contribution is 7.81. The van der Waals surface area contributed by atoms with Gasteiger partial charge in [0.2, 0.25) is 0 Å². The third kappa shape index (κ3) is 2.73. The van der Waals surface area contributed by atoms with E-state index in [1.807, 2.05) is 0 Å². The largest absolute Gasteiger partial charge is 0.480 e. The first-order chi connectivity index (χ1) is 5.20. The first-order valence-electron chi connectivity index (χ1n) is 4.11. The molecule has 2 nitrogen and oxygen atoms in total. The number of carbonyl (C=O) groups is 1. The second-order valence-electron chi connectivity index (χ2n) is 3.24. The monoisotopic (exact) mass is 174 g/mol. The van der Waals surface area contributed by atoms with Gasteiger partial charge in [0.25, 0.3) is 0 Å². The summed E-state index contributed by atoms with van der Waals surface area (Å²) in [7, 11) is 0. The minimum atomic E-state index is -0.778. The predicted octanol–water partition coefficient (Wildman–Crippen LogP) is 1.95. The van der Waals surface area contributed by atoms with Crippen LogP contribution in [0, 0.1) is 5.92 Å². The van der Waals surface area contributed by atoms with Crippen LogP contribution in [0.25, 0.3) is 0 Å². The lowest BCUT2D eigenvalue weighted by molar-refractivity contribution is -0.136. The molecule has 3 heteroatoms. The van der Waals surface area contributed by atoms with Gasteiger partial charge in [-0.2, -0.15) is 12.6 Å². The highest BCUT2D eigenvalue weighted by atomic mass is 32.1. The van der Waals surface area contributed by atoms with Crippen molar-refractivity contribution in [1.29, 1.82) is 0 Å². The zero-order chi connectivity index (χ0) is 8.27. The molecule has 1 fully saturated rings. The van der Waals surface area contributed by atoms with Gasteiger partial charge in [0.05, 0.1) is 5.25 Å². The van der Waals surface area contributed by atoms with Crippen molar-refractivity contribution < 1.29 is 9.90 Å². The molecule has 64 valence electrons. The standard InChI is InChI=1S/C8H14O2S/c9-8(10)7(11)5-6-3-1-2-4-6/h6-7,11H,1-5H2,(H,9,10). The van der Waals surface area contributed by atoms with E-state index in [4.69, 9.17) is 5.11 Å². The third-order valence-corrected chi connectivity index (χ3v) is 2.75. The zero-order valence-electron chi connectivity index (χ0n) is 6.49. The van der Waals surface area contributed by atoms with Crippen LogP contribution in [0.5, 0.6) is 0 Å². The summed E-state index contributed by atoms with van der Waals surface area (Å²) in [6, 6.07) is 0. The maximum Gasteiger partial charge on any atom is 0.316 e. The Balaban J connectivity index is 2.23. The number of carboxylic acid groups (broad SMARTS) is 1. The molecule has 1 rings (SSSR count). The van der Waals surface area contributed by atoms with E-state index in [1.54, 1.807) is 0 Å². The fraction of sp³-hybridized carbons (Fsp3) is 0.875. The first kappa shape index (κ1) is 8.91. The van der Waals surface area contributed by atoms with E-state index >= 15 is 0 Å². The van der Waals surface area contributed by atoms with Gasteiger partial charge in [-0.15, -0.1) is 0 Å². The van der Waals surface area contributed by atoms with Crippen molar-refractivity contribution in [3.05, 3.63) is 0 Å². The van der Waals surface area contributed by atoms with E-state index in [1.165, 1.54) is 25.7 Å². The van der Waals surface area contributed by atoms with Crippen molar-refractivity contribution in [3.8, 4) is 0 Å². The summed E-state index contributed by atoms with van der Waals surface area (Å²) in [6.45, 7) is 0. The summed E-state index contributed by atoms with van der Waals surface area (Å²) in [4.78, 5) is 10.4. The Hall–Kier alpha value is -0.180. The van der Waals surface area contributed by atoms with E-state index < -0.39 is 11.2 Å².